The van der Waals surface area contributed by atoms with E-state index in [9.17, 15) is 20.1 Å². The molecular formula is C30H48O4. The van der Waals surface area contributed by atoms with Crippen LogP contribution in [0.3, 0.4) is 0 Å². The summed E-state index contributed by atoms with van der Waals surface area (Å²) in [4.78, 5) is 12.5. The van der Waals surface area contributed by atoms with E-state index in [4.69, 9.17) is 0 Å². The second kappa shape index (κ2) is 8.47. The molecule has 0 unspecified atom stereocenters. The summed E-state index contributed by atoms with van der Waals surface area (Å²) in [5.41, 5.74) is 2.34. The van der Waals surface area contributed by atoms with Crippen molar-refractivity contribution in [2.24, 2.45) is 45.3 Å². The molecule has 0 amide bonds. The molecule has 0 bridgehead atoms. The van der Waals surface area contributed by atoms with Gasteiger partial charge in [0.2, 0.25) is 0 Å². The molecule has 4 nitrogen and oxygen atoms in total. The van der Waals surface area contributed by atoms with Gasteiger partial charge in [-0.25, -0.2) is 0 Å². The van der Waals surface area contributed by atoms with Crippen molar-refractivity contribution in [1.29, 1.82) is 0 Å². The minimum Gasteiger partial charge on any atom is -0.481 e. The fourth-order valence-electron chi connectivity index (χ4n) is 9.53. The molecule has 0 saturated heterocycles. The second-order valence-electron chi connectivity index (χ2n) is 13.8. The minimum atomic E-state index is -0.758. The van der Waals surface area contributed by atoms with Crippen LogP contribution in [-0.4, -0.2) is 33.5 Å². The SMILES string of the molecule is CC(C)=CCC[C@H](C(=O)O)[C@@H]1[C@@H](O)C[C@]2(C)C3=CC[C@H]4C(C)(C)[C@@H](O)CC[C@]4(C)[C@H]3CC[C@@]12C. The average molecular weight is 473 g/mol. The molecule has 4 aliphatic carbocycles. The first kappa shape index (κ1) is 25.9. The van der Waals surface area contributed by atoms with E-state index in [-0.39, 0.29) is 33.7 Å². The first-order valence-corrected chi connectivity index (χ1v) is 13.6. The Hall–Kier alpha value is -1.13. The first-order chi connectivity index (χ1) is 15.7. The van der Waals surface area contributed by atoms with E-state index in [0.717, 1.165) is 38.5 Å². The molecule has 0 heterocycles. The van der Waals surface area contributed by atoms with Crippen LogP contribution < -0.4 is 0 Å². The van der Waals surface area contributed by atoms with Crippen LogP contribution in [0.2, 0.25) is 0 Å². The first-order valence-electron chi connectivity index (χ1n) is 13.6. The molecule has 0 aromatic rings. The van der Waals surface area contributed by atoms with Gasteiger partial charge in [0, 0.05) is 5.92 Å². The minimum absolute atomic E-state index is 0.103. The standard InChI is InChI=1S/C30H48O4/c1-18(2)9-8-10-19(26(33)34)25-22(31)17-30(7)21-11-12-23-27(3,4)24(32)14-15-28(23,5)20(21)13-16-29(25,30)6/h9,11,19-20,22-25,31-32H,8,10,12-17H2,1-7H3,(H,33,34)/t19-,20-,22-,23-,24-,25+,28+,29-,30+/m0/s1. The van der Waals surface area contributed by atoms with Gasteiger partial charge in [0.1, 0.15) is 0 Å². The van der Waals surface area contributed by atoms with Gasteiger partial charge in [0.25, 0.3) is 0 Å². The van der Waals surface area contributed by atoms with Gasteiger partial charge in [0.05, 0.1) is 18.1 Å². The third kappa shape index (κ3) is 3.57. The number of hydrogen-bond acceptors (Lipinski definition) is 3. The number of rotatable bonds is 5. The Bertz CT molecular complexity index is 882. The normalized spacial score (nSPS) is 45.9. The number of carboxylic acids is 1. The smallest absolute Gasteiger partial charge is 0.306 e. The van der Waals surface area contributed by atoms with Crippen molar-refractivity contribution >= 4 is 5.97 Å². The number of allylic oxidation sites excluding steroid dienone is 4. The van der Waals surface area contributed by atoms with Gasteiger partial charge in [-0.05, 0) is 98.7 Å². The maximum Gasteiger partial charge on any atom is 0.306 e. The van der Waals surface area contributed by atoms with E-state index in [0.29, 0.717) is 24.7 Å². The van der Waals surface area contributed by atoms with Crippen molar-refractivity contribution in [3.05, 3.63) is 23.3 Å². The lowest BCUT2D eigenvalue weighted by molar-refractivity contribution is -0.151. The van der Waals surface area contributed by atoms with Gasteiger partial charge in [-0.1, -0.05) is 57.9 Å². The Balaban J connectivity index is 1.71. The van der Waals surface area contributed by atoms with Crippen LogP contribution in [0.4, 0.5) is 0 Å². The Kier molecular flexibility index (Phi) is 6.47. The molecule has 0 radical (unpaired) electrons. The topological polar surface area (TPSA) is 77.8 Å². The number of aliphatic carboxylic acids is 1. The molecule has 4 heteroatoms. The summed E-state index contributed by atoms with van der Waals surface area (Å²) in [5, 5.41) is 32.5. The van der Waals surface area contributed by atoms with Crippen LogP contribution in [0.15, 0.2) is 23.3 Å². The van der Waals surface area contributed by atoms with Gasteiger partial charge in [-0.2, -0.15) is 0 Å². The van der Waals surface area contributed by atoms with Crippen molar-refractivity contribution in [3.8, 4) is 0 Å². The zero-order chi connectivity index (χ0) is 25.3. The molecule has 4 aliphatic rings. The van der Waals surface area contributed by atoms with E-state index in [1.807, 2.05) is 0 Å². The maximum absolute atomic E-state index is 12.5. The highest BCUT2D eigenvalue weighted by atomic mass is 16.4. The highest BCUT2D eigenvalue weighted by Crippen LogP contribution is 2.73. The summed E-state index contributed by atoms with van der Waals surface area (Å²) in [6.45, 7) is 15.7. The second-order valence-corrected chi connectivity index (χ2v) is 13.8. The monoisotopic (exact) mass is 472 g/mol. The Morgan fingerprint density at radius 3 is 2.41 bits per heavy atom. The molecule has 0 aromatic heterocycles. The fourth-order valence-corrected chi connectivity index (χ4v) is 9.53. The molecule has 0 spiro atoms. The van der Waals surface area contributed by atoms with Crippen molar-refractivity contribution in [2.45, 2.75) is 112 Å². The summed E-state index contributed by atoms with van der Waals surface area (Å²) < 4.78 is 0. The molecule has 4 rings (SSSR count). The molecule has 3 N–H and O–H groups in total. The van der Waals surface area contributed by atoms with Gasteiger partial charge >= 0.3 is 5.97 Å². The Morgan fingerprint density at radius 2 is 1.79 bits per heavy atom. The number of hydrogen-bond donors (Lipinski definition) is 3. The van der Waals surface area contributed by atoms with E-state index in [1.165, 1.54) is 11.1 Å². The highest BCUT2D eigenvalue weighted by Gasteiger charge is 2.68. The molecule has 0 aromatic carbocycles. The summed E-state index contributed by atoms with van der Waals surface area (Å²) in [6.07, 6.45) is 10.6. The van der Waals surface area contributed by atoms with Gasteiger partial charge in [-0.3, -0.25) is 4.79 Å². The number of fused-ring (bicyclic) bond motifs is 5. The fraction of sp³-hybridized carbons (Fsp3) is 0.833. The van der Waals surface area contributed by atoms with Crippen LogP contribution in [0.1, 0.15) is 99.8 Å². The predicted molar refractivity (Wildman–Crippen MR) is 136 cm³/mol. The molecule has 3 saturated carbocycles. The molecular weight excluding hydrogens is 424 g/mol. The van der Waals surface area contributed by atoms with Crippen LogP contribution in [0.25, 0.3) is 0 Å². The molecule has 3 fully saturated rings. The lowest BCUT2D eigenvalue weighted by Crippen LogP contribution is -2.58. The zero-order valence-corrected chi connectivity index (χ0v) is 22.5. The lowest BCUT2D eigenvalue weighted by atomic mass is 9.41. The molecule has 0 aliphatic heterocycles. The third-order valence-corrected chi connectivity index (χ3v) is 11.7. The maximum atomic E-state index is 12.5. The van der Waals surface area contributed by atoms with E-state index < -0.39 is 18.0 Å². The molecule has 9 atom stereocenters. The Labute approximate surface area is 206 Å². The van der Waals surface area contributed by atoms with Crippen LogP contribution in [-0.2, 0) is 4.79 Å². The summed E-state index contributed by atoms with van der Waals surface area (Å²) in [7, 11) is 0. The predicted octanol–water partition coefficient (Wildman–Crippen LogP) is 6.37. The van der Waals surface area contributed by atoms with Crippen molar-refractivity contribution in [3.63, 3.8) is 0 Å². The largest absolute Gasteiger partial charge is 0.481 e. The number of aliphatic hydroxyl groups excluding tert-OH is 2. The van der Waals surface area contributed by atoms with Crippen molar-refractivity contribution in [1.82, 2.24) is 0 Å². The van der Waals surface area contributed by atoms with Gasteiger partial charge < -0.3 is 15.3 Å². The Morgan fingerprint density at radius 1 is 1.12 bits per heavy atom. The van der Waals surface area contributed by atoms with Crippen LogP contribution in [0, 0.1) is 45.3 Å². The number of carbonyl (C=O) groups is 1. The average Bonchev–Trinajstić information content (AvgIpc) is 2.94. The van der Waals surface area contributed by atoms with Crippen molar-refractivity contribution in [2.75, 3.05) is 0 Å². The molecule has 192 valence electrons. The lowest BCUT2D eigenvalue weighted by Gasteiger charge is -2.64. The van der Waals surface area contributed by atoms with E-state index >= 15 is 0 Å². The summed E-state index contributed by atoms with van der Waals surface area (Å²) in [5.74, 6) is -0.603. The zero-order valence-electron chi connectivity index (χ0n) is 22.5. The van der Waals surface area contributed by atoms with E-state index in [2.05, 4.69) is 60.6 Å². The third-order valence-electron chi connectivity index (χ3n) is 11.7. The number of carboxylic acid groups (broad SMARTS) is 1. The summed E-state index contributed by atoms with van der Waals surface area (Å²) in [6, 6.07) is 0. The summed E-state index contributed by atoms with van der Waals surface area (Å²) >= 11 is 0. The highest BCUT2D eigenvalue weighted by molar-refractivity contribution is 5.71. The molecule has 34 heavy (non-hydrogen) atoms. The van der Waals surface area contributed by atoms with Crippen LogP contribution in [0.5, 0.6) is 0 Å². The number of aliphatic hydroxyl groups is 2. The quantitative estimate of drug-likeness (QED) is 0.406. The van der Waals surface area contributed by atoms with Crippen molar-refractivity contribution < 1.29 is 20.1 Å². The van der Waals surface area contributed by atoms with E-state index in [1.54, 1.807) is 0 Å². The van der Waals surface area contributed by atoms with Gasteiger partial charge in [-0.15, -0.1) is 0 Å². The van der Waals surface area contributed by atoms with Crippen LogP contribution >= 0.6 is 0 Å². The van der Waals surface area contributed by atoms with Gasteiger partial charge in [0.15, 0.2) is 0 Å².